The molecular weight excluding hydrogens is 408 g/mol. The Hall–Kier alpha value is -3.46. The smallest absolute Gasteiger partial charge is 0.343 e. The number of hydrogen-bond acceptors (Lipinski definition) is 8. The number of nitrogens with zero attached hydrogens (tertiary/aromatic N) is 1. The number of carbonyl (C=O) groups is 1. The lowest BCUT2D eigenvalue weighted by Gasteiger charge is -2.23. The molecule has 0 aliphatic heterocycles. The van der Waals surface area contributed by atoms with E-state index >= 15 is 0 Å². The third-order valence-electron chi connectivity index (χ3n) is 5.40. The number of likely N-dealkylation sites (N-methyl/N-ethyl adjacent to an activating group) is 1. The second kappa shape index (κ2) is 9.78. The van der Waals surface area contributed by atoms with Gasteiger partial charge in [0.15, 0.2) is 0 Å². The van der Waals surface area contributed by atoms with Crippen LogP contribution in [0.3, 0.4) is 0 Å². The van der Waals surface area contributed by atoms with Gasteiger partial charge in [0.25, 0.3) is 0 Å². The second-order valence-electron chi connectivity index (χ2n) is 7.28. The molecule has 0 saturated heterocycles. The molecule has 0 saturated carbocycles. The molecule has 4 aromatic rings. The van der Waals surface area contributed by atoms with Crippen LogP contribution in [0.1, 0.15) is 34.5 Å². The van der Waals surface area contributed by atoms with Gasteiger partial charge in [0.2, 0.25) is 0 Å². The minimum absolute atomic E-state index is 0.0778. The van der Waals surface area contributed by atoms with Crippen molar-refractivity contribution >= 4 is 27.7 Å². The van der Waals surface area contributed by atoms with Gasteiger partial charge in [-0.3, -0.25) is 10.7 Å². The number of nitrogens with one attached hydrogen (secondary N) is 2. The highest BCUT2D eigenvalue weighted by Gasteiger charge is 2.29. The number of hydrogen-bond donors (Lipinski definition) is 4. The topological polar surface area (TPSA) is 123 Å². The van der Waals surface area contributed by atoms with Crippen LogP contribution in [-0.2, 0) is 4.74 Å². The lowest BCUT2D eigenvalue weighted by Crippen LogP contribution is -2.31. The van der Waals surface area contributed by atoms with Gasteiger partial charge in [-0.1, -0.05) is 31.2 Å². The van der Waals surface area contributed by atoms with E-state index in [-0.39, 0.29) is 18.0 Å². The monoisotopic (exact) mass is 434 g/mol. The molecule has 0 aliphatic rings. The summed E-state index contributed by atoms with van der Waals surface area (Å²) in [7, 11) is 0. The Bertz CT molecular complexity index is 1220. The maximum atomic E-state index is 12.7. The van der Waals surface area contributed by atoms with Gasteiger partial charge in [-0.05, 0) is 24.2 Å². The average Bonchev–Trinajstić information content (AvgIpc) is 3.26. The Morgan fingerprint density at radius 2 is 1.94 bits per heavy atom. The number of esters is 1. The molecule has 5 N–H and O–H groups in total. The molecule has 8 nitrogen and oxygen atoms in total. The normalized spacial score (nSPS) is 12.3. The maximum Gasteiger partial charge on any atom is 0.343 e. The van der Waals surface area contributed by atoms with E-state index in [0.29, 0.717) is 33.8 Å². The van der Waals surface area contributed by atoms with E-state index in [4.69, 9.17) is 14.9 Å². The number of phenolic OH excluding ortho intramolecular Hbond substituents is 1. The van der Waals surface area contributed by atoms with Crippen LogP contribution in [-0.4, -0.2) is 42.4 Å². The number of pyridine rings is 1. The van der Waals surface area contributed by atoms with Crippen LogP contribution in [0.4, 0.5) is 0 Å². The fourth-order valence-electron chi connectivity index (χ4n) is 3.98. The van der Waals surface area contributed by atoms with Crippen molar-refractivity contribution in [1.29, 1.82) is 0 Å². The van der Waals surface area contributed by atoms with Gasteiger partial charge < -0.3 is 24.9 Å². The van der Waals surface area contributed by atoms with Gasteiger partial charge >= 0.3 is 5.97 Å². The summed E-state index contributed by atoms with van der Waals surface area (Å²) in [5, 5.41) is 20.1. The molecule has 1 atom stereocenters. The summed E-state index contributed by atoms with van der Waals surface area (Å²) < 4.78 is 10.9. The predicted molar refractivity (Wildman–Crippen MR) is 122 cm³/mol. The molecule has 0 radical (unpaired) electrons. The number of benzene rings is 2. The van der Waals surface area contributed by atoms with Crippen molar-refractivity contribution in [1.82, 2.24) is 15.6 Å². The molecule has 4 rings (SSSR count). The number of phenols is 1. The molecule has 32 heavy (non-hydrogen) atoms. The fraction of sp³-hybridized carbons (Fsp3) is 0.250. The number of furan rings is 1. The molecule has 0 aliphatic carbocycles. The van der Waals surface area contributed by atoms with Crippen molar-refractivity contribution in [2.24, 2.45) is 5.73 Å². The zero-order valence-electron chi connectivity index (χ0n) is 17.8. The van der Waals surface area contributed by atoms with Crippen molar-refractivity contribution in [2.45, 2.75) is 13.0 Å². The Morgan fingerprint density at radius 3 is 2.66 bits per heavy atom. The zero-order valence-corrected chi connectivity index (χ0v) is 17.8. The molecule has 1 unspecified atom stereocenters. The lowest BCUT2D eigenvalue weighted by atomic mass is 9.90. The zero-order chi connectivity index (χ0) is 22.5. The average molecular weight is 434 g/mol. The van der Waals surface area contributed by atoms with Crippen molar-refractivity contribution in [3.63, 3.8) is 0 Å². The fourth-order valence-corrected chi connectivity index (χ4v) is 3.98. The van der Waals surface area contributed by atoms with Crippen LogP contribution < -0.4 is 16.4 Å². The minimum atomic E-state index is -0.608. The van der Waals surface area contributed by atoms with Crippen molar-refractivity contribution in [2.75, 3.05) is 26.4 Å². The first-order chi connectivity index (χ1) is 15.7. The second-order valence-corrected chi connectivity index (χ2v) is 7.28. The summed E-state index contributed by atoms with van der Waals surface area (Å²) in [5.41, 5.74) is 7.59. The Balaban J connectivity index is 1.98. The summed E-state index contributed by atoms with van der Waals surface area (Å²) in [6.45, 7) is 4.01. The molecular formula is C24H26N4O4. The van der Waals surface area contributed by atoms with Crippen LogP contribution >= 0.6 is 0 Å². The number of nitrogens with two attached hydrogens (primary N) is 1. The van der Waals surface area contributed by atoms with Crippen LogP contribution in [0.2, 0.25) is 0 Å². The van der Waals surface area contributed by atoms with Crippen LogP contribution in [0.15, 0.2) is 59.5 Å². The Labute approximate surface area is 185 Å². The number of aromatic hydroxyl groups is 1. The first-order valence-electron chi connectivity index (χ1n) is 10.5. The minimum Gasteiger partial charge on any atom is -0.507 e. The van der Waals surface area contributed by atoms with Crippen molar-refractivity contribution in [3.05, 3.63) is 71.7 Å². The molecule has 8 heteroatoms. The molecule has 2 aromatic carbocycles. The highest BCUT2D eigenvalue weighted by atomic mass is 16.5. The maximum absolute atomic E-state index is 12.7. The summed E-state index contributed by atoms with van der Waals surface area (Å²) in [4.78, 5) is 16.8. The summed E-state index contributed by atoms with van der Waals surface area (Å²) >= 11 is 0. The molecule has 166 valence electrons. The number of aromatic nitrogens is 1. The third kappa shape index (κ3) is 4.03. The standard InChI is InChI=1S/C24H26N4O4/c1-2-26-11-12-28-21(15-7-9-27-10-8-15)20-19-18(24(30)32-14-25)13-31-23(19)17-6-4-3-5-16(17)22(20)29/h3-10,13,21,26,28-29H,2,11-12,14,25H2,1H3. The van der Waals surface area contributed by atoms with Crippen LogP contribution in [0, 0.1) is 0 Å². The van der Waals surface area contributed by atoms with E-state index in [2.05, 4.69) is 15.6 Å². The van der Waals surface area contributed by atoms with Gasteiger partial charge in [-0.25, -0.2) is 4.79 Å². The summed E-state index contributed by atoms with van der Waals surface area (Å²) in [5.74, 6) is -0.530. The molecule has 2 heterocycles. The van der Waals surface area contributed by atoms with E-state index in [0.717, 1.165) is 18.7 Å². The SMILES string of the molecule is CCNCCNC(c1ccncc1)c1c(O)c2ccccc2c2occ(C(=O)OCN)c12. The van der Waals surface area contributed by atoms with E-state index in [9.17, 15) is 9.90 Å². The number of rotatable bonds is 9. The largest absolute Gasteiger partial charge is 0.507 e. The highest BCUT2D eigenvalue weighted by molar-refractivity contribution is 6.16. The molecule has 2 aromatic heterocycles. The van der Waals surface area contributed by atoms with Crippen molar-refractivity contribution < 1.29 is 19.1 Å². The first kappa shape index (κ1) is 21.8. The summed E-state index contributed by atoms with van der Waals surface area (Å²) in [6, 6.07) is 10.7. The molecule has 0 amide bonds. The van der Waals surface area contributed by atoms with Gasteiger partial charge in [0.1, 0.15) is 29.9 Å². The van der Waals surface area contributed by atoms with Gasteiger partial charge in [-0.2, -0.15) is 0 Å². The van der Waals surface area contributed by atoms with Crippen LogP contribution in [0.25, 0.3) is 21.7 Å². The van der Waals surface area contributed by atoms with Crippen LogP contribution in [0.5, 0.6) is 5.75 Å². The Morgan fingerprint density at radius 1 is 1.19 bits per heavy atom. The van der Waals surface area contributed by atoms with E-state index in [1.165, 1.54) is 6.26 Å². The summed E-state index contributed by atoms with van der Waals surface area (Å²) in [6.07, 6.45) is 4.76. The molecule has 0 bridgehead atoms. The number of ether oxygens (including phenoxy) is 1. The van der Waals surface area contributed by atoms with Gasteiger partial charge in [0, 0.05) is 47.2 Å². The third-order valence-corrected chi connectivity index (χ3v) is 5.40. The molecule has 0 fully saturated rings. The quantitative estimate of drug-likeness (QED) is 0.180. The Kier molecular flexibility index (Phi) is 6.65. The van der Waals surface area contributed by atoms with E-state index < -0.39 is 12.0 Å². The van der Waals surface area contributed by atoms with Crippen molar-refractivity contribution in [3.8, 4) is 5.75 Å². The highest BCUT2D eigenvalue weighted by Crippen LogP contribution is 2.44. The van der Waals surface area contributed by atoms with E-state index in [1.807, 2.05) is 43.3 Å². The van der Waals surface area contributed by atoms with Gasteiger partial charge in [-0.15, -0.1) is 0 Å². The van der Waals surface area contributed by atoms with Gasteiger partial charge in [0.05, 0.1) is 6.04 Å². The molecule has 0 spiro atoms. The number of carbonyl (C=O) groups excluding carboxylic acids is 1. The van der Waals surface area contributed by atoms with E-state index in [1.54, 1.807) is 12.4 Å². The first-order valence-corrected chi connectivity index (χ1v) is 10.5. The number of fused-ring (bicyclic) bond motifs is 3. The predicted octanol–water partition coefficient (Wildman–Crippen LogP) is 3.05. The lowest BCUT2D eigenvalue weighted by molar-refractivity contribution is 0.0516.